The average molecular weight is 378 g/mol. The zero-order valence-corrected chi connectivity index (χ0v) is 12.9. The Bertz CT molecular complexity index is 764. The molecule has 112 valence electrons. The Kier molecular flexibility index (Phi) is 4.60. The van der Waals surface area contributed by atoms with Gasteiger partial charge < -0.3 is 4.74 Å². The van der Waals surface area contributed by atoms with E-state index in [4.69, 9.17) is 9.88 Å². The van der Waals surface area contributed by atoms with Crippen LogP contribution in [0.5, 0.6) is 5.75 Å². The van der Waals surface area contributed by atoms with Crippen LogP contribution in [0.1, 0.15) is 5.56 Å². The van der Waals surface area contributed by atoms with E-state index >= 15 is 0 Å². The van der Waals surface area contributed by atoms with Crippen molar-refractivity contribution in [2.24, 2.45) is 5.14 Å². The van der Waals surface area contributed by atoms with Gasteiger partial charge in [0.2, 0.25) is 15.8 Å². The van der Waals surface area contributed by atoms with Gasteiger partial charge in [0.05, 0.1) is 0 Å². The van der Waals surface area contributed by atoms with Crippen molar-refractivity contribution in [3.63, 3.8) is 0 Å². The summed E-state index contributed by atoms with van der Waals surface area (Å²) in [7, 11) is -4.32. The number of primary sulfonamides is 1. The molecule has 0 aliphatic carbocycles. The van der Waals surface area contributed by atoms with Crippen molar-refractivity contribution in [2.45, 2.75) is 11.5 Å². The van der Waals surface area contributed by atoms with Crippen molar-refractivity contribution < 1.29 is 21.9 Å². The Hall–Kier alpha value is -1.51. The second kappa shape index (κ2) is 6.08. The van der Waals surface area contributed by atoms with Crippen molar-refractivity contribution in [3.8, 4) is 5.75 Å². The van der Waals surface area contributed by atoms with Crippen LogP contribution in [0.3, 0.4) is 0 Å². The second-order valence-corrected chi connectivity index (χ2v) is 6.60. The average Bonchev–Trinajstić information content (AvgIpc) is 2.41. The molecule has 0 saturated carbocycles. The number of ether oxygens (including phenoxy) is 1. The summed E-state index contributed by atoms with van der Waals surface area (Å²) in [5.41, 5.74) is 0.744. The Morgan fingerprint density at radius 2 is 1.67 bits per heavy atom. The van der Waals surface area contributed by atoms with Gasteiger partial charge in [-0.1, -0.05) is 28.1 Å². The van der Waals surface area contributed by atoms with Gasteiger partial charge in [0.15, 0.2) is 11.6 Å². The Morgan fingerprint density at radius 3 is 2.24 bits per heavy atom. The molecule has 0 aliphatic rings. The Labute approximate surface area is 128 Å². The topological polar surface area (TPSA) is 69.4 Å². The lowest BCUT2D eigenvalue weighted by atomic mass is 10.2. The van der Waals surface area contributed by atoms with Gasteiger partial charge in [-0.25, -0.2) is 17.9 Å². The van der Waals surface area contributed by atoms with E-state index in [0.717, 1.165) is 22.2 Å². The standard InChI is InChI=1S/C13H10BrF2NO3S/c14-9-3-1-8(2-4-9)7-20-10-5-6-11(21(17,18)19)13(16)12(10)15/h1-6H,7H2,(H2,17,18,19). The van der Waals surface area contributed by atoms with Gasteiger partial charge in [-0.3, -0.25) is 0 Å². The summed E-state index contributed by atoms with van der Waals surface area (Å²) < 4.78 is 55.5. The highest BCUT2D eigenvalue weighted by Crippen LogP contribution is 2.25. The van der Waals surface area contributed by atoms with Crippen molar-refractivity contribution in [3.05, 3.63) is 58.1 Å². The molecule has 0 spiro atoms. The lowest BCUT2D eigenvalue weighted by Crippen LogP contribution is -2.15. The van der Waals surface area contributed by atoms with Crippen molar-refractivity contribution in [1.29, 1.82) is 0 Å². The zero-order chi connectivity index (χ0) is 15.6. The van der Waals surface area contributed by atoms with Gasteiger partial charge in [0, 0.05) is 4.47 Å². The maximum absolute atomic E-state index is 13.7. The molecule has 21 heavy (non-hydrogen) atoms. The van der Waals surface area contributed by atoms with E-state index in [2.05, 4.69) is 15.9 Å². The smallest absolute Gasteiger partial charge is 0.241 e. The molecule has 0 bridgehead atoms. The van der Waals surface area contributed by atoms with Crippen LogP contribution in [0.4, 0.5) is 8.78 Å². The summed E-state index contributed by atoms with van der Waals surface area (Å²) in [5, 5.41) is 4.78. The highest BCUT2D eigenvalue weighted by molar-refractivity contribution is 9.10. The predicted molar refractivity (Wildman–Crippen MR) is 76.2 cm³/mol. The van der Waals surface area contributed by atoms with Gasteiger partial charge >= 0.3 is 0 Å². The molecule has 8 heteroatoms. The number of hydrogen-bond donors (Lipinski definition) is 1. The highest BCUT2D eigenvalue weighted by atomic mass is 79.9. The second-order valence-electron chi connectivity index (χ2n) is 4.15. The molecule has 0 saturated heterocycles. The van der Waals surface area contributed by atoms with E-state index in [1.165, 1.54) is 0 Å². The van der Waals surface area contributed by atoms with Gasteiger partial charge in [-0.05, 0) is 29.8 Å². The molecule has 0 heterocycles. The minimum absolute atomic E-state index is 0.0123. The van der Waals surface area contributed by atoms with E-state index in [1.54, 1.807) is 24.3 Å². The van der Waals surface area contributed by atoms with Gasteiger partial charge in [0.1, 0.15) is 11.5 Å². The molecule has 0 aromatic heterocycles. The SMILES string of the molecule is NS(=O)(=O)c1ccc(OCc2ccc(Br)cc2)c(F)c1F. The van der Waals surface area contributed by atoms with Crippen molar-refractivity contribution in [1.82, 2.24) is 0 Å². The summed E-state index contributed by atoms with van der Waals surface area (Å²) in [5.74, 6) is -3.33. The fraction of sp³-hybridized carbons (Fsp3) is 0.0769. The van der Waals surface area contributed by atoms with Gasteiger partial charge in [-0.2, -0.15) is 4.39 Å². The molecule has 0 fully saturated rings. The molecule has 0 radical (unpaired) electrons. The maximum atomic E-state index is 13.7. The fourth-order valence-electron chi connectivity index (χ4n) is 1.59. The van der Waals surface area contributed by atoms with E-state index in [9.17, 15) is 17.2 Å². The molecular formula is C13H10BrF2NO3S. The normalized spacial score (nSPS) is 11.4. The minimum atomic E-state index is -4.32. The molecule has 0 unspecified atom stereocenters. The molecule has 4 nitrogen and oxygen atoms in total. The molecule has 2 N–H and O–H groups in total. The summed E-state index contributed by atoms with van der Waals surface area (Å²) in [6.45, 7) is 0.0123. The zero-order valence-electron chi connectivity index (χ0n) is 10.5. The Morgan fingerprint density at radius 1 is 1.05 bits per heavy atom. The summed E-state index contributed by atoms with van der Waals surface area (Å²) in [6, 6.07) is 8.94. The maximum Gasteiger partial charge on any atom is 0.241 e. The van der Waals surface area contributed by atoms with Crippen LogP contribution in [0.25, 0.3) is 0 Å². The van der Waals surface area contributed by atoms with Crippen molar-refractivity contribution >= 4 is 26.0 Å². The lowest BCUT2D eigenvalue weighted by Gasteiger charge is -2.09. The number of sulfonamides is 1. The van der Waals surface area contributed by atoms with Gasteiger partial charge in [-0.15, -0.1) is 0 Å². The van der Waals surface area contributed by atoms with E-state index in [1.807, 2.05) is 0 Å². The Balaban J connectivity index is 2.22. The minimum Gasteiger partial charge on any atom is -0.486 e. The highest BCUT2D eigenvalue weighted by Gasteiger charge is 2.21. The first-order chi connectivity index (χ1) is 9.79. The van der Waals surface area contributed by atoms with Gasteiger partial charge in [0.25, 0.3) is 0 Å². The fourth-order valence-corrected chi connectivity index (χ4v) is 2.45. The predicted octanol–water partition coefficient (Wildman–Crippen LogP) is 2.95. The lowest BCUT2D eigenvalue weighted by molar-refractivity contribution is 0.283. The van der Waals surface area contributed by atoms with Crippen LogP contribution < -0.4 is 9.88 Å². The first-order valence-electron chi connectivity index (χ1n) is 5.67. The van der Waals surface area contributed by atoms with Crippen LogP contribution in [-0.2, 0) is 16.6 Å². The van der Waals surface area contributed by atoms with Crippen LogP contribution in [-0.4, -0.2) is 8.42 Å². The largest absolute Gasteiger partial charge is 0.486 e. The number of rotatable bonds is 4. The monoisotopic (exact) mass is 377 g/mol. The summed E-state index contributed by atoms with van der Waals surface area (Å²) in [4.78, 5) is -0.906. The third-order valence-corrected chi connectivity index (χ3v) is 4.08. The summed E-state index contributed by atoms with van der Waals surface area (Å²) in [6.07, 6.45) is 0. The summed E-state index contributed by atoms with van der Waals surface area (Å²) >= 11 is 3.27. The third kappa shape index (κ3) is 3.78. The van der Waals surface area contributed by atoms with E-state index < -0.39 is 26.6 Å². The molecule has 0 atom stereocenters. The van der Waals surface area contributed by atoms with E-state index in [-0.39, 0.29) is 12.4 Å². The third-order valence-electron chi connectivity index (χ3n) is 2.63. The molecular weight excluding hydrogens is 368 g/mol. The first kappa shape index (κ1) is 15.9. The molecule has 0 amide bonds. The number of hydrogen-bond acceptors (Lipinski definition) is 3. The molecule has 2 aromatic rings. The number of benzene rings is 2. The van der Waals surface area contributed by atoms with Crippen LogP contribution >= 0.6 is 15.9 Å². The molecule has 2 aromatic carbocycles. The van der Waals surface area contributed by atoms with Crippen LogP contribution in [0, 0.1) is 11.6 Å². The quantitative estimate of drug-likeness (QED) is 0.890. The van der Waals surface area contributed by atoms with E-state index in [0.29, 0.717) is 0 Å². The van der Waals surface area contributed by atoms with Crippen LogP contribution in [0.15, 0.2) is 45.8 Å². The van der Waals surface area contributed by atoms with Crippen LogP contribution in [0.2, 0.25) is 0 Å². The molecule has 2 rings (SSSR count). The van der Waals surface area contributed by atoms with Crippen molar-refractivity contribution in [2.75, 3.05) is 0 Å². The molecule has 0 aliphatic heterocycles. The number of halogens is 3. The first-order valence-corrected chi connectivity index (χ1v) is 8.01. The number of nitrogens with two attached hydrogens (primary N) is 1.